The number of aliphatic hydroxyl groups is 1. The second-order valence-electron chi connectivity index (χ2n) is 2.64. The maximum absolute atomic E-state index is 8.91. The van der Waals surface area contributed by atoms with Crippen LogP contribution in [0.4, 0.5) is 0 Å². The van der Waals surface area contributed by atoms with Crippen molar-refractivity contribution < 1.29 is 19.4 Å². The lowest BCUT2D eigenvalue weighted by Crippen LogP contribution is -2.62. The second-order valence-corrected chi connectivity index (χ2v) is 2.64. The molecule has 0 aromatic heterocycles. The Morgan fingerprint density at radius 2 is 2.25 bits per heavy atom. The molecule has 1 N–H and O–H groups in total. The smallest absolute Gasteiger partial charge is 0.146 e. The molecule has 12 heavy (non-hydrogen) atoms. The number of aliphatic hydroxyl groups excluding tert-OH is 1. The van der Waals surface area contributed by atoms with E-state index in [9.17, 15) is 0 Å². The molecule has 5 nitrogen and oxygen atoms in total. The Hall–Kier alpha value is -0.200. The van der Waals surface area contributed by atoms with Gasteiger partial charge in [-0.2, -0.15) is 5.06 Å². The Labute approximate surface area is 71.8 Å². The van der Waals surface area contributed by atoms with Crippen LogP contribution in [-0.2, 0) is 14.3 Å². The SMILES string of the molecule is COCO[C@@H]1CN(OC)[C@H]1CO. The summed E-state index contributed by atoms with van der Waals surface area (Å²) in [5.74, 6) is 0. The van der Waals surface area contributed by atoms with Gasteiger partial charge in [0.2, 0.25) is 0 Å². The maximum atomic E-state index is 8.91. The van der Waals surface area contributed by atoms with Crippen LogP contribution < -0.4 is 0 Å². The highest BCUT2D eigenvalue weighted by Crippen LogP contribution is 2.20. The molecule has 5 heteroatoms. The number of hydrogen-bond donors (Lipinski definition) is 1. The molecule has 1 aliphatic rings. The first-order valence-corrected chi connectivity index (χ1v) is 3.85. The topological polar surface area (TPSA) is 51.2 Å². The van der Waals surface area contributed by atoms with Crippen LogP contribution in [0.3, 0.4) is 0 Å². The third kappa shape index (κ3) is 1.94. The van der Waals surface area contributed by atoms with E-state index >= 15 is 0 Å². The van der Waals surface area contributed by atoms with E-state index in [-0.39, 0.29) is 25.5 Å². The quantitative estimate of drug-likeness (QED) is 0.558. The molecule has 0 aromatic carbocycles. The van der Waals surface area contributed by atoms with E-state index in [1.54, 1.807) is 19.3 Å². The van der Waals surface area contributed by atoms with Crippen LogP contribution in [-0.4, -0.2) is 56.5 Å². The van der Waals surface area contributed by atoms with Gasteiger partial charge < -0.3 is 19.4 Å². The fourth-order valence-electron chi connectivity index (χ4n) is 1.22. The zero-order valence-electron chi connectivity index (χ0n) is 7.40. The van der Waals surface area contributed by atoms with Gasteiger partial charge >= 0.3 is 0 Å². The van der Waals surface area contributed by atoms with Gasteiger partial charge in [-0.15, -0.1) is 0 Å². The first kappa shape index (κ1) is 9.88. The zero-order chi connectivity index (χ0) is 8.97. The summed E-state index contributed by atoms with van der Waals surface area (Å²) < 4.78 is 10.0. The average molecular weight is 177 g/mol. The molecule has 0 radical (unpaired) electrons. The van der Waals surface area contributed by atoms with Crippen LogP contribution in [0.15, 0.2) is 0 Å². The van der Waals surface area contributed by atoms with Crippen LogP contribution in [0, 0.1) is 0 Å². The Morgan fingerprint density at radius 3 is 2.75 bits per heavy atom. The lowest BCUT2D eigenvalue weighted by Gasteiger charge is -2.44. The van der Waals surface area contributed by atoms with Crippen LogP contribution in [0.1, 0.15) is 0 Å². The van der Waals surface area contributed by atoms with Gasteiger partial charge in [0, 0.05) is 7.11 Å². The van der Waals surface area contributed by atoms with Crippen molar-refractivity contribution >= 4 is 0 Å². The summed E-state index contributed by atoms with van der Waals surface area (Å²) >= 11 is 0. The standard InChI is InChI=1S/C7H15NO4/c1-10-5-12-7-3-8(11-2)6(7)4-9/h6-7,9H,3-5H2,1-2H3/t6-,7+/m0/s1. The van der Waals surface area contributed by atoms with Crippen molar-refractivity contribution in [3.05, 3.63) is 0 Å². The molecule has 72 valence electrons. The molecule has 0 spiro atoms. The van der Waals surface area contributed by atoms with Gasteiger partial charge in [-0.3, -0.25) is 0 Å². The van der Waals surface area contributed by atoms with Crippen molar-refractivity contribution in [2.45, 2.75) is 12.1 Å². The van der Waals surface area contributed by atoms with Gasteiger partial charge in [-0.25, -0.2) is 0 Å². The van der Waals surface area contributed by atoms with Crippen LogP contribution in [0.2, 0.25) is 0 Å². The van der Waals surface area contributed by atoms with E-state index < -0.39 is 0 Å². The van der Waals surface area contributed by atoms with Crippen LogP contribution in [0.5, 0.6) is 0 Å². The molecular weight excluding hydrogens is 162 g/mol. The molecule has 1 aliphatic heterocycles. The van der Waals surface area contributed by atoms with Crippen molar-refractivity contribution in [2.75, 3.05) is 34.2 Å². The summed E-state index contributed by atoms with van der Waals surface area (Å²) in [4.78, 5) is 4.95. The first-order chi connectivity index (χ1) is 5.83. The Bertz CT molecular complexity index is 131. The molecular formula is C7H15NO4. The van der Waals surface area contributed by atoms with E-state index in [1.165, 1.54) is 0 Å². The van der Waals surface area contributed by atoms with Crippen LogP contribution in [0.25, 0.3) is 0 Å². The van der Waals surface area contributed by atoms with E-state index in [4.69, 9.17) is 19.4 Å². The molecule has 0 amide bonds. The van der Waals surface area contributed by atoms with Gasteiger partial charge in [0.15, 0.2) is 0 Å². The van der Waals surface area contributed by atoms with Gasteiger partial charge in [0.1, 0.15) is 6.79 Å². The third-order valence-corrected chi connectivity index (χ3v) is 1.98. The minimum Gasteiger partial charge on any atom is -0.395 e. The number of nitrogens with zero attached hydrogens (tertiary/aromatic N) is 1. The minimum absolute atomic E-state index is 0.0231. The normalized spacial score (nSPS) is 30.2. The molecule has 1 rings (SSSR count). The third-order valence-electron chi connectivity index (χ3n) is 1.98. The van der Waals surface area contributed by atoms with E-state index in [0.717, 1.165) is 0 Å². The predicted octanol–water partition coefficient (Wildman–Crippen LogP) is -0.787. The summed E-state index contributed by atoms with van der Waals surface area (Å²) in [6.45, 7) is 0.992. The second kappa shape index (κ2) is 4.74. The molecule has 1 fully saturated rings. The predicted molar refractivity (Wildman–Crippen MR) is 41.3 cm³/mol. The van der Waals surface area contributed by atoms with Gasteiger partial charge in [0.05, 0.1) is 32.4 Å². The lowest BCUT2D eigenvalue weighted by molar-refractivity contribution is -0.285. The number of ether oxygens (including phenoxy) is 2. The number of hydrogen-bond acceptors (Lipinski definition) is 5. The van der Waals surface area contributed by atoms with Crippen molar-refractivity contribution in [3.63, 3.8) is 0 Å². The molecule has 1 saturated heterocycles. The highest BCUT2D eigenvalue weighted by molar-refractivity contribution is 4.87. The monoisotopic (exact) mass is 177 g/mol. The number of hydroxylamine groups is 2. The minimum atomic E-state index is -0.0508. The highest BCUT2D eigenvalue weighted by Gasteiger charge is 2.39. The van der Waals surface area contributed by atoms with E-state index in [1.807, 2.05) is 0 Å². The summed E-state index contributed by atoms with van der Waals surface area (Å²) in [6.07, 6.45) is 0.0231. The number of rotatable bonds is 5. The number of methoxy groups -OCH3 is 1. The largest absolute Gasteiger partial charge is 0.395 e. The van der Waals surface area contributed by atoms with Crippen LogP contribution >= 0.6 is 0 Å². The maximum Gasteiger partial charge on any atom is 0.146 e. The van der Waals surface area contributed by atoms with Gasteiger partial charge in [-0.1, -0.05) is 0 Å². The zero-order valence-corrected chi connectivity index (χ0v) is 7.40. The summed E-state index contributed by atoms with van der Waals surface area (Å²) in [6, 6.07) is -0.0508. The fraction of sp³-hybridized carbons (Fsp3) is 1.00. The van der Waals surface area contributed by atoms with E-state index in [0.29, 0.717) is 6.54 Å². The van der Waals surface area contributed by atoms with Crippen molar-refractivity contribution in [1.29, 1.82) is 0 Å². The van der Waals surface area contributed by atoms with Crippen molar-refractivity contribution in [3.8, 4) is 0 Å². The molecule has 2 atom stereocenters. The molecule has 0 unspecified atom stereocenters. The van der Waals surface area contributed by atoms with Crippen molar-refractivity contribution in [2.24, 2.45) is 0 Å². The molecule has 0 bridgehead atoms. The van der Waals surface area contributed by atoms with Gasteiger partial charge in [-0.05, 0) is 0 Å². The fourth-order valence-corrected chi connectivity index (χ4v) is 1.22. The van der Waals surface area contributed by atoms with E-state index in [2.05, 4.69) is 0 Å². The molecule has 1 heterocycles. The first-order valence-electron chi connectivity index (χ1n) is 3.85. The lowest BCUT2D eigenvalue weighted by atomic mass is 10.0. The Kier molecular flexibility index (Phi) is 3.90. The molecule has 0 aromatic rings. The van der Waals surface area contributed by atoms with Crippen molar-refractivity contribution in [1.82, 2.24) is 5.06 Å². The Balaban J connectivity index is 2.21. The molecule has 0 saturated carbocycles. The van der Waals surface area contributed by atoms with Gasteiger partial charge in [0.25, 0.3) is 0 Å². The highest BCUT2D eigenvalue weighted by atomic mass is 16.7. The summed E-state index contributed by atoms with van der Waals surface area (Å²) in [5, 5.41) is 10.6. The summed E-state index contributed by atoms with van der Waals surface area (Å²) in [7, 11) is 3.15. The average Bonchev–Trinajstić information content (AvgIpc) is 2.04. The summed E-state index contributed by atoms with van der Waals surface area (Å²) in [5.41, 5.74) is 0. The molecule has 0 aliphatic carbocycles. The Morgan fingerprint density at radius 1 is 1.50 bits per heavy atom.